The Bertz CT molecular complexity index is 2220. The summed E-state index contributed by atoms with van der Waals surface area (Å²) in [6, 6.07) is 47.9. The van der Waals surface area contributed by atoms with Crippen LogP contribution in [0.3, 0.4) is 0 Å². The third-order valence-corrected chi connectivity index (χ3v) is 8.75. The molecule has 5 heteroatoms. The van der Waals surface area contributed by atoms with E-state index in [9.17, 15) is 0 Å². The summed E-state index contributed by atoms with van der Waals surface area (Å²) in [4.78, 5) is 19.7. The van der Waals surface area contributed by atoms with Crippen molar-refractivity contribution in [3.05, 3.63) is 146 Å². The molecule has 0 saturated carbocycles. The summed E-state index contributed by atoms with van der Waals surface area (Å²) >= 11 is 1.81. The van der Waals surface area contributed by atoms with Crippen LogP contribution in [-0.4, -0.2) is 19.9 Å². The molecular weight excluding hydrogens is 545 g/mol. The van der Waals surface area contributed by atoms with Crippen LogP contribution in [0.1, 0.15) is 0 Å². The molecule has 4 nitrogen and oxygen atoms in total. The SMILES string of the molecule is c1ccc(-c2ccc(-c3nc(-c4ccccc4)nc(-c4ccnc(-c5cccc6sc7ccccc7c56)c4)n3)cc2)cc1. The number of benzene rings is 5. The van der Waals surface area contributed by atoms with Crippen LogP contribution in [0.2, 0.25) is 0 Å². The Morgan fingerprint density at radius 3 is 1.72 bits per heavy atom. The van der Waals surface area contributed by atoms with Crippen LogP contribution < -0.4 is 0 Å². The largest absolute Gasteiger partial charge is 0.256 e. The van der Waals surface area contributed by atoms with Gasteiger partial charge in [-0.15, -0.1) is 11.3 Å². The van der Waals surface area contributed by atoms with E-state index >= 15 is 0 Å². The first kappa shape index (κ1) is 25.2. The average molecular weight is 569 g/mol. The molecule has 0 unspecified atom stereocenters. The van der Waals surface area contributed by atoms with Crippen molar-refractivity contribution in [2.45, 2.75) is 0 Å². The van der Waals surface area contributed by atoms with Gasteiger partial charge in [0, 0.05) is 48.6 Å². The molecule has 0 fully saturated rings. The van der Waals surface area contributed by atoms with E-state index in [-0.39, 0.29) is 0 Å². The van der Waals surface area contributed by atoms with Crippen LogP contribution in [-0.2, 0) is 0 Å². The molecule has 0 spiro atoms. The maximum atomic E-state index is 4.99. The number of thiophene rings is 1. The first-order valence-electron chi connectivity index (χ1n) is 14.1. The predicted octanol–water partition coefficient (Wildman–Crippen LogP) is 9.97. The van der Waals surface area contributed by atoms with Crippen molar-refractivity contribution >= 4 is 31.5 Å². The molecule has 202 valence electrons. The highest BCUT2D eigenvalue weighted by Gasteiger charge is 2.15. The van der Waals surface area contributed by atoms with Crippen molar-refractivity contribution in [3.63, 3.8) is 0 Å². The summed E-state index contributed by atoms with van der Waals surface area (Å²) in [7, 11) is 0. The number of fused-ring (bicyclic) bond motifs is 3. The molecule has 0 aliphatic carbocycles. The molecule has 0 amide bonds. The van der Waals surface area contributed by atoms with E-state index in [0.29, 0.717) is 17.5 Å². The molecule has 0 aliphatic rings. The topological polar surface area (TPSA) is 51.6 Å². The molecule has 8 aromatic rings. The zero-order valence-corrected chi connectivity index (χ0v) is 23.9. The fourth-order valence-corrected chi connectivity index (χ4v) is 6.63. The van der Waals surface area contributed by atoms with Crippen LogP contribution in [0.15, 0.2) is 146 Å². The fraction of sp³-hybridized carbons (Fsp3) is 0. The van der Waals surface area contributed by atoms with Gasteiger partial charge in [-0.3, -0.25) is 4.98 Å². The lowest BCUT2D eigenvalue weighted by Gasteiger charge is -2.10. The van der Waals surface area contributed by atoms with Crippen molar-refractivity contribution < 1.29 is 0 Å². The fourth-order valence-electron chi connectivity index (χ4n) is 5.50. The third-order valence-electron chi connectivity index (χ3n) is 7.61. The number of rotatable bonds is 5. The Morgan fingerprint density at radius 2 is 0.977 bits per heavy atom. The molecule has 5 aromatic carbocycles. The van der Waals surface area contributed by atoms with E-state index in [1.54, 1.807) is 0 Å². The van der Waals surface area contributed by atoms with Crippen molar-refractivity contribution in [1.29, 1.82) is 0 Å². The number of hydrogen-bond acceptors (Lipinski definition) is 5. The third kappa shape index (κ3) is 4.76. The average Bonchev–Trinajstić information content (AvgIpc) is 3.48. The van der Waals surface area contributed by atoms with Gasteiger partial charge in [-0.25, -0.2) is 15.0 Å². The monoisotopic (exact) mass is 568 g/mol. The maximum absolute atomic E-state index is 4.99. The van der Waals surface area contributed by atoms with E-state index in [0.717, 1.165) is 33.5 Å². The molecule has 8 rings (SSSR count). The highest BCUT2D eigenvalue weighted by atomic mass is 32.1. The minimum absolute atomic E-state index is 0.613. The van der Waals surface area contributed by atoms with E-state index in [1.165, 1.54) is 25.7 Å². The van der Waals surface area contributed by atoms with E-state index in [2.05, 4.69) is 97.1 Å². The Kier molecular flexibility index (Phi) is 6.28. The molecule has 0 bridgehead atoms. The van der Waals surface area contributed by atoms with Gasteiger partial charge in [0.2, 0.25) is 0 Å². The van der Waals surface area contributed by atoms with Crippen LogP contribution >= 0.6 is 11.3 Å². The second kappa shape index (κ2) is 10.7. The molecule has 0 aliphatic heterocycles. The molecule has 3 aromatic heterocycles. The van der Waals surface area contributed by atoms with E-state index < -0.39 is 0 Å². The maximum Gasteiger partial charge on any atom is 0.164 e. The Morgan fingerprint density at radius 1 is 0.419 bits per heavy atom. The van der Waals surface area contributed by atoms with Gasteiger partial charge in [0.25, 0.3) is 0 Å². The Hall–Kier alpha value is -5.52. The van der Waals surface area contributed by atoms with Crippen LogP contribution in [0, 0.1) is 0 Å². The van der Waals surface area contributed by atoms with Gasteiger partial charge in [-0.05, 0) is 35.4 Å². The minimum Gasteiger partial charge on any atom is -0.256 e. The van der Waals surface area contributed by atoms with Gasteiger partial charge in [-0.2, -0.15) is 0 Å². The predicted molar refractivity (Wildman–Crippen MR) is 178 cm³/mol. The van der Waals surface area contributed by atoms with E-state index in [1.807, 2.05) is 60.0 Å². The summed E-state index contributed by atoms with van der Waals surface area (Å²) < 4.78 is 2.52. The van der Waals surface area contributed by atoms with Gasteiger partial charge < -0.3 is 0 Å². The lowest BCUT2D eigenvalue weighted by Crippen LogP contribution is -2.00. The zero-order valence-electron chi connectivity index (χ0n) is 23.1. The lowest BCUT2D eigenvalue weighted by molar-refractivity contribution is 1.07. The zero-order chi connectivity index (χ0) is 28.6. The minimum atomic E-state index is 0.613. The highest BCUT2D eigenvalue weighted by molar-refractivity contribution is 7.25. The second-order valence-corrected chi connectivity index (χ2v) is 11.4. The molecule has 0 radical (unpaired) electrons. The van der Waals surface area contributed by atoms with Crippen LogP contribution in [0.4, 0.5) is 0 Å². The van der Waals surface area contributed by atoms with Crippen LogP contribution in [0.5, 0.6) is 0 Å². The Labute approximate surface area is 253 Å². The van der Waals surface area contributed by atoms with Gasteiger partial charge in [0.05, 0.1) is 5.69 Å². The standard InChI is InChI=1S/C38H24N4S/c1-3-10-25(11-4-1)26-18-20-28(21-19-26)37-40-36(27-12-5-2-6-13-27)41-38(42-37)29-22-23-39-32(24-29)30-15-9-17-34-35(30)31-14-7-8-16-33(31)43-34/h1-24H. The van der Waals surface area contributed by atoms with Crippen molar-refractivity contribution in [3.8, 4) is 56.5 Å². The Balaban J connectivity index is 1.26. The van der Waals surface area contributed by atoms with Gasteiger partial charge >= 0.3 is 0 Å². The summed E-state index contributed by atoms with van der Waals surface area (Å²) in [6.45, 7) is 0. The first-order valence-corrected chi connectivity index (χ1v) is 15.0. The number of aromatic nitrogens is 4. The molecule has 3 heterocycles. The first-order chi connectivity index (χ1) is 21.3. The second-order valence-electron chi connectivity index (χ2n) is 10.3. The summed E-state index contributed by atoms with van der Waals surface area (Å²) in [5.74, 6) is 1.88. The van der Waals surface area contributed by atoms with E-state index in [4.69, 9.17) is 19.9 Å². The number of hydrogen-bond donors (Lipinski definition) is 0. The van der Waals surface area contributed by atoms with Gasteiger partial charge in [0.1, 0.15) is 0 Å². The summed E-state index contributed by atoms with van der Waals surface area (Å²) in [6.07, 6.45) is 1.85. The molecular formula is C38H24N4S. The van der Waals surface area contributed by atoms with Crippen molar-refractivity contribution in [1.82, 2.24) is 19.9 Å². The number of nitrogens with zero attached hydrogens (tertiary/aromatic N) is 4. The summed E-state index contributed by atoms with van der Waals surface area (Å²) in [5.41, 5.74) is 7.08. The smallest absolute Gasteiger partial charge is 0.164 e. The molecule has 0 N–H and O–H groups in total. The number of pyridine rings is 1. The summed E-state index contributed by atoms with van der Waals surface area (Å²) in [5, 5.41) is 2.48. The highest BCUT2D eigenvalue weighted by Crippen LogP contribution is 2.40. The van der Waals surface area contributed by atoms with Crippen molar-refractivity contribution in [2.75, 3.05) is 0 Å². The molecule has 0 atom stereocenters. The lowest BCUT2D eigenvalue weighted by atomic mass is 10.0. The van der Waals surface area contributed by atoms with Gasteiger partial charge in [0.15, 0.2) is 17.5 Å². The van der Waals surface area contributed by atoms with Crippen molar-refractivity contribution in [2.24, 2.45) is 0 Å². The normalized spacial score (nSPS) is 11.3. The van der Waals surface area contributed by atoms with Crippen LogP contribution in [0.25, 0.3) is 76.7 Å². The quantitative estimate of drug-likeness (QED) is 0.207. The molecule has 43 heavy (non-hydrogen) atoms. The van der Waals surface area contributed by atoms with Gasteiger partial charge in [-0.1, -0.05) is 115 Å². The molecule has 0 saturated heterocycles.